The van der Waals surface area contributed by atoms with Gasteiger partial charge in [0.05, 0.1) is 19.8 Å². The lowest BCUT2D eigenvalue weighted by Crippen LogP contribution is -2.44. The first kappa shape index (κ1) is 14.3. The average molecular weight is 304 g/mol. The number of rotatable bonds is 3. The number of nitrogens with two attached hydrogens (primary N) is 2. The summed E-state index contributed by atoms with van der Waals surface area (Å²) in [7, 11) is -3.63. The van der Waals surface area contributed by atoms with Crippen LogP contribution >= 0.6 is 11.3 Å². The first-order chi connectivity index (χ1) is 8.97. The number of sulfonamides is 1. The molecule has 7 nitrogen and oxygen atoms in total. The van der Waals surface area contributed by atoms with Crippen LogP contribution < -0.4 is 10.9 Å². The lowest BCUT2D eigenvalue weighted by atomic mass is 10.4. The molecule has 0 atom stereocenters. The van der Waals surface area contributed by atoms with Crippen molar-refractivity contribution in [3.05, 3.63) is 17.0 Å². The number of hydrogen-bond acceptors (Lipinski definition) is 5. The van der Waals surface area contributed by atoms with Crippen molar-refractivity contribution in [2.24, 2.45) is 15.9 Å². The predicted octanol–water partition coefficient (Wildman–Crippen LogP) is -0.458. The van der Waals surface area contributed by atoms with Crippen molar-refractivity contribution < 1.29 is 13.2 Å². The van der Waals surface area contributed by atoms with Crippen molar-refractivity contribution in [2.75, 3.05) is 26.3 Å². The Labute approximate surface area is 115 Å². The Balaban J connectivity index is 1.99. The van der Waals surface area contributed by atoms with Gasteiger partial charge in [0, 0.05) is 18.0 Å². The van der Waals surface area contributed by atoms with Crippen molar-refractivity contribution in [3.8, 4) is 0 Å². The van der Waals surface area contributed by atoms with Gasteiger partial charge in [-0.1, -0.05) is 0 Å². The number of aliphatic imine (C=N–C) groups is 1. The van der Waals surface area contributed by atoms with Crippen LogP contribution in [0.5, 0.6) is 0 Å². The zero-order valence-electron chi connectivity index (χ0n) is 10.3. The van der Waals surface area contributed by atoms with E-state index in [1.54, 1.807) is 6.07 Å². The monoisotopic (exact) mass is 304 g/mol. The molecule has 1 aliphatic rings. The Morgan fingerprint density at radius 1 is 1.42 bits per heavy atom. The summed E-state index contributed by atoms with van der Waals surface area (Å²) in [6.07, 6.45) is 0. The zero-order valence-corrected chi connectivity index (χ0v) is 11.9. The van der Waals surface area contributed by atoms with E-state index in [2.05, 4.69) is 4.99 Å². The summed E-state index contributed by atoms with van der Waals surface area (Å²) in [6, 6.07) is 3.18. The second-order valence-electron chi connectivity index (χ2n) is 4.04. The van der Waals surface area contributed by atoms with Gasteiger partial charge in [-0.25, -0.2) is 18.5 Å². The molecular formula is C10H16N4O3S2. The van der Waals surface area contributed by atoms with Crippen LogP contribution in [0.1, 0.15) is 4.88 Å². The van der Waals surface area contributed by atoms with Crippen LogP contribution in [0.4, 0.5) is 0 Å². The minimum absolute atomic E-state index is 0.141. The highest BCUT2D eigenvalue weighted by molar-refractivity contribution is 7.91. The van der Waals surface area contributed by atoms with Gasteiger partial charge in [0.25, 0.3) is 0 Å². The molecular weight excluding hydrogens is 288 g/mol. The third kappa shape index (κ3) is 3.90. The van der Waals surface area contributed by atoms with Gasteiger partial charge in [-0.05, 0) is 12.1 Å². The standard InChI is InChI=1S/C10H16N4O3S2/c11-10(14-3-5-17-6-4-14)13-7-8-1-2-9(18-8)19(12,15)16/h1-2H,3-7H2,(H2,11,13)(H2,12,15,16). The van der Waals surface area contributed by atoms with E-state index >= 15 is 0 Å². The molecule has 19 heavy (non-hydrogen) atoms. The Bertz CT molecular complexity index is 561. The van der Waals surface area contributed by atoms with Gasteiger partial charge in [-0.15, -0.1) is 11.3 Å². The molecule has 1 saturated heterocycles. The van der Waals surface area contributed by atoms with E-state index in [1.807, 2.05) is 4.90 Å². The Hall–Kier alpha value is -1.16. The molecule has 4 N–H and O–H groups in total. The maximum atomic E-state index is 11.1. The fraction of sp³-hybridized carbons (Fsp3) is 0.500. The van der Waals surface area contributed by atoms with Crippen LogP contribution in [-0.2, 0) is 21.3 Å². The van der Waals surface area contributed by atoms with E-state index in [0.717, 1.165) is 29.3 Å². The molecule has 0 unspecified atom stereocenters. The Morgan fingerprint density at radius 3 is 2.68 bits per heavy atom. The van der Waals surface area contributed by atoms with Gasteiger partial charge >= 0.3 is 0 Å². The van der Waals surface area contributed by atoms with E-state index < -0.39 is 10.0 Å². The highest BCUT2D eigenvalue weighted by Gasteiger charge is 2.13. The SMILES string of the molecule is NC(=NCc1ccc(S(N)(=O)=O)s1)N1CCOCC1. The summed E-state index contributed by atoms with van der Waals surface area (Å²) in [6.45, 7) is 3.09. The molecule has 0 spiro atoms. The molecule has 0 amide bonds. The lowest BCUT2D eigenvalue weighted by molar-refractivity contribution is 0.0674. The smallest absolute Gasteiger partial charge is 0.247 e. The van der Waals surface area contributed by atoms with E-state index in [-0.39, 0.29) is 4.21 Å². The zero-order chi connectivity index (χ0) is 13.9. The summed E-state index contributed by atoms with van der Waals surface area (Å²) >= 11 is 1.11. The van der Waals surface area contributed by atoms with Gasteiger partial charge in [0.1, 0.15) is 4.21 Å². The van der Waals surface area contributed by atoms with Crippen LogP contribution in [0.15, 0.2) is 21.3 Å². The topological polar surface area (TPSA) is 111 Å². The van der Waals surface area contributed by atoms with Crippen LogP contribution in [0.3, 0.4) is 0 Å². The van der Waals surface area contributed by atoms with E-state index in [0.29, 0.717) is 25.7 Å². The molecule has 0 radical (unpaired) electrons. The maximum absolute atomic E-state index is 11.1. The highest BCUT2D eigenvalue weighted by atomic mass is 32.2. The first-order valence-corrected chi connectivity index (χ1v) is 8.07. The molecule has 2 heterocycles. The Morgan fingerprint density at radius 2 is 2.11 bits per heavy atom. The molecule has 0 aliphatic carbocycles. The predicted molar refractivity (Wildman–Crippen MR) is 73.4 cm³/mol. The highest BCUT2D eigenvalue weighted by Crippen LogP contribution is 2.20. The number of guanidine groups is 1. The third-order valence-electron chi connectivity index (χ3n) is 2.65. The fourth-order valence-corrected chi connectivity index (χ4v) is 3.35. The van der Waals surface area contributed by atoms with Crippen LogP contribution in [0.2, 0.25) is 0 Å². The summed E-state index contributed by atoms with van der Waals surface area (Å²) in [4.78, 5) is 7.00. The van der Waals surface area contributed by atoms with Gasteiger partial charge in [0.15, 0.2) is 5.96 Å². The molecule has 0 bridgehead atoms. The molecule has 1 aromatic rings. The summed E-state index contributed by atoms with van der Waals surface area (Å²) in [5.41, 5.74) is 5.87. The second-order valence-corrected chi connectivity index (χ2v) is 7.00. The summed E-state index contributed by atoms with van der Waals surface area (Å²) in [5.74, 6) is 0.453. The lowest BCUT2D eigenvalue weighted by Gasteiger charge is -2.27. The summed E-state index contributed by atoms with van der Waals surface area (Å²) < 4.78 is 27.6. The molecule has 1 aliphatic heterocycles. The second kappa shape index (κ2) is 5.87. The summed E-state index contributed by atoms with van der Waals surface area (Å²) in [5, 5.41) is 5.04. The van der Waals surface area contributed by atoms with Crippen molar-refractivity contribution >= 4 is 27.3 Å². The number of hydrogen-bond donors (Lipinski definition) is 2. The van der Waals surface area contributed by atoms with Gasteiger partial charge in [0.2, 0.25) is 10.0 Å². The van der Waals surface area contributed by atoms with Gasteiger partial charge < -0.3 is 15.4 Å². The van der Waals surface area contributed by atoms with Gasteiger partial charge in [-0.3, -0.25) is 0 Å². The van der Waals surface area contributed by atoms with E-state index in [1.165, 1.54) is 6.07 Å². The minimum Gasteiger partial charge on any atom is -0.378 e. The van der Waals surface area contributed by atoms with E-state index in [4.69, 9.17) is 15.6 Å². The van der Waals surface area contributed by atoms with Gasteiger partial charge in [-0.2, -0.15) is 0 Å². The molecule has 9 heteroatoms. The largest absolute Gasteiger partial charge is 0.378 e. The number of morpholine rings is 1. The minimum atomic E-state index is -3.63. The Kier molecular flexibility index (Phi) is 4.40. The first-order valence-electron chi connectivity index (χ1n) is 5.71. The normalized spacial score (nSPS) is 17.7. The molecule has 1 aromatic heterocycles. The number of thiophene rings is 1. The number of primary sulfonamides is 1. The van der Waals surface area contributed by atoms with Crippen LogP contribution in [0.25, 0.3) is 0 Å². The fourth-order valence-electron chi connectivity index (χ4n) is 1.65. The average Bonchev–Trinajstić information content (AvgIpc) is 2.86. The van der Waals surface area contributed by atoms with Crippen LogP contribution in [-0.4, -0.2) is 45.6 Å². The third-order valence-corrected chi connectivity index (χ3v) is 5.16. The number of ether oxygens (including phenoxy) is 1. The quantitative estimate of drug-likeness (QED) is 0.580. The molecule has 0 saturated carbocycles. The van der Waals surface area contributed by atoms with Crippen molar-refractivity contribution in [1.82, 2.24) is 4.90 Å². The van der Waals surface area contributed by atoms with Crippen LogP contribution in [0, 0.1) is 0 Å². The number of nitrogens with zero attached hydrogens (tertiary/aromatic N) is 2. The van der Waals surface area contributed by atoms with Crippen molar-refractivity contribution in [2.45, 2.75) is 10.8 Å². The van der Waals surface area contributed by atoms with Crippen molar-refractivity contribution in [1.29, 1.82) is 0 Å². The molecule has 2 rings (SSSR count). The van der Waals surface area contributed by atoms with Crippen molar-refractivity contribution in [3.63, 3.8) is 0 Å². The molecule has 1 fully saturated rings. The molecule has 106 valence electrons. The maximum Gasteiger partial charge on any atom is 0.247 e. The van der Waals surface area contributed by atoms with E-state index in [9.17, 15) is 8.42 Å². The molecule has 0 aromatic carbocycles.